The van der Waals surface area contributed by atoms with Gasteiger partial charge >= 0.3 is 6.18 Å². The minimum Gasteiger partial charge on any atom is -0.383 e. The molecule has 1 aromatic carbocycles. The molecule has 0 saturated heterocycles. The molecule has 0 spiro atoms. The number of alkyl halides is 4. The van der Waals surface area contributed by atoms with Crippen LogP contribution in [0.1, 0.15) is 18.1 Å². The fraction of sp³-hybridized carbons (Fsp3) is 0.400. The first kappa shape index (κ1) is 12.0. The zero-order valence-electron chi connectivity index (χ0n) is 7.98. The standard InChI is InChI=1S/C10H10F4O/c1-9(15,6-11)7-3-2-4-8(5-7)10(12,13)14/h2-5,15H,6H2,1H3. The second-order valence-electron chi connectivity index (χ2n) is 3.49. The van der Waals surface area contributed by atoms with Gasteiger partial charge in [-0.25, -0.2) is 4.39 Å². The van der Waals surface area contributed by atoms with Crippen molar-refractivity contribution in [2.45, 2.75) is 18.7 Å². The van der Waals surface area contributed by atoms with Crippen LogP contribution < -0.4 is 0 Å². The fourth-order valence-electron chi connectivity index (χ4n) is 1.11. The molecule has 0 aliphatic rings. The van der Waals surface area contributed by atoms with Gasteiger partial charge in [-0.05, 0) is 24.6 Å². The highest BCUT2D eigenvalue weighted by molar-refractivity contribution is 5.29. The molecule has 1 aromatic rings. The van der Waals surface area contributed by atoms with Crippen LogP contribution >= 0.6 is 0 Å². The number of benzene rings is 1. The van der Waals surface area contributed by atoms with E-state index in [4.69, 9.17) is 0 Å². The van der Waals surface area contributed by atoms with E-state index in [-0.39, 0.29) is 5.56 Å². The summed E-state index contributed by atoms with van der Waals surface area (Å²) < 4.78 is 49.2. The van der Waals surface area contributed by atoms with Gasteiger partial charge in [-0.15, -0.1) is 0 Å². The molecule has 0 fully saturated rings. The number of aliphatic hydroxyl groups is 1. The minimum absolute atomic E-state index is 0.0835. The number of halogens is 4. The second-order valence-corrected chi connectivity index (χ2v) is 3.49. The Bertz CT molecular complexity index is 344. The molecular weight excluding hydrogens is 212 g/mol. The van der Waals surface area contributed by atoms with Gasteiger partial charge in [0.1, 0.15) is 12.3 Å². The molecule has 5 heteroatoms. The van der Waals surface area contributed by atoms with Crippen LogP contribution in [0.15, 0.2) is 24.3 Å². The van der Waals surface area contributed by atoms with E-state index < -0.39 is 24.0 Å². The first-order valence-electron chi connectivity index (χ1n) is 4.23. The maximum Gasteiger partial charge on any atom is 0.416 e. The molecule has 15 heavy (non-hydrogen) atoms. The zero-order chi connectivity index (χ0) is 11.7. The highest BCUT2D eigenvalue weighted by Gasteiger charge is 2.32. The van der Waals surface area contributed by atoms with Gasteiger partial charge in [0.15, 0.2) is 0 Å². The van der Waals surface area contributed by atoms with Gasteiger partial charge in [-0.2, -0.15) is 13.2 Å². The Morgan fingerprint density at radius 3 is 2.20 bits per heavy atom. The van der Waals surface area contributed by atoms with E-state index in [0.29, 0.717) is 0 Å². The van der Waals surface area contributed by atoms with E-state index >= 15 is 0 Å². The van der Waals surface area contributed by atoms with Crippen molar-refractivity contribution in [1.82, 2.24) is 0 Å². The van der Waals surface area contributed by atoms with E-state index in [1.54, 1.807) is 0 Å². The molecule has 1 N–H and O–H groups in total. The first-order valence-corrected chi connectivity index (χ1v) is 4.23. The van der Waals surface area contributed by atoms with Crippen LogP contribution in [0.4, 0.5) is 17.6 Å². The largest absolute Gasteiger partial charge is 0.416 e. The summed E-state index contributed by atoms with van der Waals surface area (Å²) in [4.78, 5) is 0. The summed E-state index contributed by atoms with van der Waals surface area (Å²) in [7, 11) is 0. The summed E-state index contributed by atoms with van der Waals surface area (Å²) in [5.74, 6) is 0. The van der Waals surface area contributed by atoms with E-state index in [0.717, 1.165) is 25.1 Å². The van der Waals surface area contributed by atoms with E-state index in [2.05, 4.69) is 0 Å². The second kappa shape index (κ2) is 3.81. The molecule has 0 radical (unpaired) electrons. The highest BCUT2D eigenvalue weighted by Crippen LogP contribution is 2.32. The molecule has 84 valence electrons. The molecule has 0 saturated carbocycles. The van der Waals surface area contributed by atoms with Crippen LogP contribution in [-0.2, 0) is 11.8 Å². The zero-order valence-corrected chi connectivity index (χ0v) is 7.98. The molecule has 0 aromatic heterocycles. The van der Waals surface area contributed by atoms with Gasteiger partial charge in [0, 0.05) is 0 Å². The van der Waals surface area contributed by atoms with Gasteiger partial charge in [0.25, 0.3) is 0 Å². The van der Waals surface area contributed by atoms with Crippen molar-refractivity contribution < 1.29 is 22.7 Å². The van der Waals surface area contributed by atoms with Gasteiger partial charge in [0.05, 0.1) is 5.56 Å². The maximum absolute atomic E-state index is 12.4. The van der Waals surface area contributed by atoms with Crippen molar-refractivity contribution in [2.75, 3.05) is 6.67 Å². The summed E-state index contributed by atoms with van der Waals surface area (Å²) >= 11 is 0. The Morgan fingerprint density at radius 1 is 1.20 bits per heavy atom. The molecule has 0 bridgehead atoms. The Morgan fingerprint density at radius 2 is 1.73 bits per heavy atom. The lowest BCUT2D eigenvalue weighted by Crippen LogP contribution is -2.24. The predicted octanol–water partition coefficient (Wildman–Crippen LogP) is 2.88. The molecule has 1 unspecified atom stereocenters. The Balaban J connectivity index is 3.14. The van der Waals surface area contributed by atoms with E-state index in [1.165, 1.54) is 6.07 Å². The molecule has 0 aliphatic heterocycles. The molecule has 1 atom stereocenters. The number of hydrogen-bond acceptors (Lipinski definition) is 1. The Kier molecular flexibility index (Phi) is 3.04. The van der Waals surface area contributed by atoms with Gasteiger partial charge in [-0.3, -0.25) is 0 Å². The van der Waals surface area contributed by atoms with Crippen LogP contribution in [0.2, 0.25) is 0 Å². The van der Waals surface area contributed by atoms with Gasteiger partial charge in [0.2, 0.25) is 0 Å². The molecular formula is C10H10F4O. The lowest BCUT2D eigenvalue weighted by atomic mass is 9.96. The van der Waals surface area contributed by atoms with Crippen LogP contribution in [0.3, 0.4) is 0 Å². The summed E-state index contributed by atoms with van der Waals surface area (Å²) in [5.41, 5.74) is -2.85. The third-order valence-corrected chi connectivity index (χ3v) is 2.07. The van der Waals surface area contributed by atoms with Crippen molar-refractivity contribution in [3.8, 4) is 0 Å². The molecule has 0 amide bonds. The third kappa shape index (κ3) is 2.68. The number of rotatable bonds is 2. The van der Waals surface area contributed by atoms with Crippen LogP contribution in [-0.4, -0.2) is 11.8 Å². The molecule has 1 nitrogen and oxygen atoms in total. The summed E-state index contributed by atoms with van der Waals surface area (Å²) in [6, 6.07) is 4.02. The summed E-state index contributed by atoms with van der Waals surface area (Å²) in [6.07, 6.45) is -4.48. The Labute approximate surface area is 84.3 Å². The third-order valence-electron chi connectivity index (χ3n) is 2.07. The van der Waals surface area contributed by atoms with Crippen molar-refractivity contribution in [3.05, 3.63) is 35.4 Å². The van der Waals surface area contributed by atoms with Crippen molar-refractivity contribution in [3.63, 3.8) is 0 Å². The summed E-state index contributed by atoms with van der Waals surface area (Å²) in [6.45, 7) is -0.00318. The van der Waals surface area contributed by atoms with Gasteiger partial charge in [-0.1, -0.05) is 12.1 Å². The lowest BCUT2D eigenvalue weighted by Gasteiger charge is -2.20. The quantitative estimate of drug-likeness (QED) is 0.763. The van der Waals surface area contributed by atoms with Crippen LogP contribution in [0.5, 0.6) is 0 Å². The lowest BCUT2D eigenvalue weighted by molar-refractivity contribution is -0.137. The molecule has 1 rings (SSSR count). The number of hydrogen-bond donors (Lipinski definition) is 1. The molecule has 0 heterocycles. The highest BCUT2D eigenvalue weighted by atomic mass is 19.4. The predicted molar refractivity (Wildman–Crippen MR) is 47.0 cm³/mol. The van der Waals surface area contributed by atoms with Crippen molar-refractivity contribution >= 4 is 0 Å². The smallest absolute Gasteiger partial charge is 0.383 e. The Hall–Kier alpha value is -1.10. The average Bonchev–Trinajstić information content (AvgIpc) is 2.17. The van der Waals surface area contributed by atoms with Gasteiger partial charge < -0.3 is 5.11 Å². The monoisotopic (exact) mass is 222 g/mol. The molecule has 0 aliphatic carbocycles. The minimum atomic E-state index is -4.48. The summed E-state index contributed by atoms with van der Waals surface area (Å²) in [5, 5.41) is 9.44. The van der Waals surface area contributed by atoms with Crippen molar-refractivity contribution in [2.24, 2.45) is 0 Å². The van der Waals surface area contributed by atoms with E-state index in [1.807, 2.05) is 0 Å². The van der Waals surface area contributed by atoms with Crippen molar-refractivity contribution in [1.29, 1.82) is 0 Å². The topological polar surface area (TPSA) is 20.2 Å². The average molecular weight is 222 g/mol. The van der Waals surface area contributed by atoms with E-state index in [9.17, 15) is 22.7 Å². The normalized spacial score (nSPS) is 16.1. The fourth-order valence-corrected chi connectivity index (χ4v) is 1.11. The maximum atomic E-state index is 12.4. The SMILES string of the molecule is CC(O)(CF)c1cccc(C(F)(F)F)c1. The first-order chi connectivity index (χ1) is 6.77. The van der Waals surface area contributed by atoms with Crippen LogP contribution in [0.25, 0.3) is 0 Å². The van der Waals surface area contributed by atoms with Crippen LogP contribution in [0, 0.1) is 0 Å².